The summed E-state index contributed by atoms with van der Waals surface area (Å²) in [5.41, 5.74) is 3.75. The maximum Gasteiger partial charge on any atom is 0.187 e. The molecule has 0 bridgehead atoms. The van der Waals surface area contributed by atoms with E-state index in [0.29, 0.717) is 12.2 Å². The Morgan fingerprint density at radius 1 is 0.878 bits per heavy atom. The number of unbranched alkanes of at least 4 members (excludes halogenated alkanes) is 13. The van der Waals surface area contributed by atoms with Crippen LogP contribution in [0.15, 0.2) is 6.20 Å². The topological polar surface area (TPSA) is 160 Å². The minimum absolute atomic E-state index is 0.0829. The van der Waals surface area contributed by atoms with E-state index in [1.54, 1.807) is 10.9 Å². The number of nitrogens with zero attached hydrogens (tertiary/aromatic N) is 3. The molecule has 5 N–H and O–H groups in total. The van der Waals surface area contributed by atoms with Crippen LogP contribution in [0.3, 0.4) is 0 Å². The van der Waals surface area contributed by atoms with Crippen molar-refractivity contribution in [3.63, 3.8) is 0 Å². The molecule has 278 valence electrons. The van der Waals surface area contributed by atoms with Gasteiger partial charge in [-0.1, -0.05) is 95.6 Å². The lowest BCUT2D eigenvalue weighted by Crippen LogP contribution is -2.59. The van der Waals surface area contributed by atoms with Crippen molar-refractivity contribution in [2.45, 2.75) is 186 Å². The van der Waals surface area contributed by atoms with Crippen LogP contribution >= 0.6 is 0 Å². The zero-order valence-corrected chi connectivity index (χ0v) is 30.4. The van der Waals surface area contributed by atoms with Crippen LogP contribution in [0.5, 0.6) is 11.5 Å². The third-order valence-electron chi connectivity index (χ3n) is 10.6. The van der Waals surface area contributed by atoms with Crippen LogP contribution in [-0.4, -0.2) is 83.4 Å². The largest absolute Gasteiger partial charge is 0.507 e. The fourth-order valence-electron chi connectivity index (χ4n) is 7.23. The molecule has 49 heavy (non-hydrogen) atoms. The van der Waals surface area contributed by atoms with Crippen LogP contribution in [0.25, 0.3) is 0 Å². The number of aromatic hydroxyl groups is 1. The van der Waals surface area contributed by atoms with Gasteiger partial charge in [0.25, 0.3) is 0 Å². The number of phenolic OH excluding ortho intramolecular Hbond substituents is 1. The molecule has 0 amide bonds. The average molecular weight is 690 g/mol. The summed E-state index contributed by atoms with van der Waals surface area (Å²) in [6.45, 7) is 8.10. The second kappa shape index (κ2) is 19.4. The highest BCUT2D eigenvalue weighted by molar-refractivity contribution is 5.59. The summed E-state index contributed by atoms with van der Waals surface area (Å²) in [5, 5.41) is 59.3. The molecular formula is C38H63N3O8. The summed E-state index contributed by atoms with van der Waals surface area (Å²) in [6.07, 6.45) is 16.4. The zero-order chi connectivity index (χ0) is 35.4. The number of rotatable bonds is 21. The normalized spacial score (nSPS) is 25.3. The molecular weight excluding hydrogens is 626 g/mol. The Bertz CT molecular complexity index is 1290. The zero-order valence-electron chi connectivity index (χ0n) is 30.4. The summed E-state index contributed by atoms with van der Waals surface area (Å²) >= 11 is 0. The van der Waals surface area contributed by atoms with E-state index in [0.717, 1.165) is 53.7 Å². The smallest absolute Gasteiger partial charge is 0.187 e. The summed E-state index contributed by atoms with van der Waals surface area (Å²) < 4.78 is 19.4. The number of phenols is 1. The molecule has 2 aliphatic rings. The first-order chi connectivity index (χ1) is 23.6. The molecule has 3 heterocycles. The Balaban J connectivity index is 1.24. The van der Waals surface area contributed by atoms with Gasteiger partial charge in [0.2, 0.25) is 0 Å². The molecule has 0 radical (unpaired) electrons. The average Bonchev–Trinajstić information content (AvgIpc) is 3.55. The number of hydrogen-bond donors (Lipinski definition) is 5. The molecule has 1 saturated heterocycles. The van der Waals surface area contributed by atoms with Crippen LogP contribution in [0, 0.1) is 13.8 Å². The Kier molecular flexibility index (Phi) is 15.6. The lowest BCUT2D eigenvalue weighted by Gasteiger charge is -2.39. The highest BCUT2D eigenvalue weighted by Gasteiger charge is 2.44. The van der Waals surface area contributed by atoms with Crippen molar-refractivity contribution in [3.8, 4) is 11.5 Å². The van der Waals surface area contributed by atoms with Gasteiger partial charge in [-0.3, -0.25) is 0 Å². The first-order valence-electron chi connectivity index (χ1n) is 18.9. The van der Waals surface area contributed by atoms with Crippen molar-refractivity contribution >= 4 is 0 Å². The van der Waals surface area contributed by atoms with Crippen molar-refractivity contribution in [3.05, 3.63) is 34.1 Å². The monoisotopic (exact) mass is 689 g/mol. The fourth-order valence-corrected chi connectivity index (χ4v) is 7.23. The van der Waals surface area contributed by atoms with Gasteiger partial charge in [0.1, 0.15) is 47.2 Å². The molecule has 6 atom stereocenters. The second-order valence-electron chi connectivity index (χ2n) is 14.7. The molecule has 4 rings (SSSR count). The maximum absolute atomic E-state index is 11.2. The van der Waals surface area contributed by atoms with Gasteiger partial charge in [-0.05, 0) is 57.6 Å². The first kappa shape index (κ1) is 39.5. The van der Waals surface area contributed by atoms with E-state index in [1.807, 2.05) is 13.8 Å². The van der Waals surface area contributed by atoms with Gasteiger partial charge in [0.05, 0.1) is 26.0 Å². The third kappa shape index (κ3) is 10.9. The molecule has 1 aromatic carbocycles. The van der Waals surface area contributed by atoms with Crippen LogP contribution in [0.1, 0.15) is 145 Å². The number of benzene rings is 1. The van der Waals surface area contributed by atoms with Crippen molar-refractivity contribution < 1.29 is 39.7 Å². The molecule has 11 heteroatoms. The number of fused-ring (bicyclic) bond motifs is 1. The van der Waals surface area contributed by atoms with E-state index in [-0.39, 0.29) is 18.0 Å². The Hall–Kier alpha value is -2.28. The van der Waals surface area contributed by atoms with Crippen LogP contribution in [-0.2, 0) is 29.0 Å². The van der Waals surface area contributed by atoms with Crippen LogP contribution in [0.2, 0.25) is 0 Å². The Labute approximate surface area is 293 Å². The highest BCUT2D eigenvalue weighted by atomic mass is 16.7. The molecule has 1 aromatic heterocycles. The van der Waals surface area contributed by atoms with Crippen LogP contribution < -0.4 is 4.74 Å². The van der Waals surface area contributed by atoms with Gasteiger partial charge in [0, 0.05) is 11.1 Å². The van der Waals surface area contributed by atoms with Crippen molar-refractivity contribution in [2.75, 3.05) is 6.61 Å². The van der Waals surface area contributed by atoms with Gasteiger partial charge < -0.3 is 39.7 Å². The number of aromatic nitrogens is 3. The van der Waals surface area contributed by atoms with Crippen LogP contribution in [0.4, 0.5) is 0 Å². The second-order valence-corrected chi connectivity index (χ2v) is 14.7. The lowest BCUT2D eigenvalue weighted by molar-refractivity contribution is -0.304. The molecule has 0 spiro atoms. The summed E-state index contributed by atoms with van der Waals surface area (Å²) in [4.78, 5) is 0. The van der Waals surface area contributed by atoms with E-state index < -0.39 is 37.3 Å². The number of ether oxygens (including phenoxy) is 3. The molecule has 0 saturated carbocycles. The van der Waals surface area contributed by atoms with Gasteiger partial charge >= 0.3 is 0 Å². The van der Waals surface area contributed by atoms with Crippen molar-refractivity contribution in [1.82, 2.24) is 15.0 Å². The van der Waals surface area contributed by atoms with E-state index >= 15 is 0 Å². The molecule has 11 nitrogen and oxygen atoms in total. The lowest BCUT2D eigenvalue weighted by atomic mass is 9.84. The first-order valence-corrected chi connectivity index (χ1v) is 18.9. The predicted octanol–water partition coefficient (Wildman–Crippen LogP) is 5.92. The quantitative estimate of drug-likeness (QED) is 0.0996. The van der Waals surface area contributed by atoms with E-state index in [9.17, 15) is 25.5 Å². The number of hydrogen-bond acceptors (Lipinski definition) is 10. The minimum Gasteiger partial charge on any atom is -0.507 e. The Morgan fingerprint density at radius 3 is 2.10 bits per heavy atom. The van der Waals surface area contributed by atoms with Gasteiger partial charge in [-0.2, -0.15) is 0 Å². The number of aliphatic hydroxyl groups is 4. The Morgan fingerprint density at radius 2 is 1.49 bits per heavy atom. The SMILES string of the molecule is CCCCCCCCCCCCCCCCC1(C)CCc2c(Cn3cc(CO[C@H]4O[C@@H](CO)[C@H](O)[C@@H](O)[C@@H]4O)nn3)c(O)c(C)c(C)c2O1. The fraction of sp³-hybridized carbons (Fsp3) is 0.789. The number of aliphatic hydroxyl groups excluding tert-OH is 4. The van der Waals surface area contributed by atoms with E-state index in [2.05, 4.69) is 24.2 Å². The molecule has 1 unspecified atom stereocenters. The standard InChI is InChI=1S/C38H63N3O8/c1-5-6-7-8-9-10-11-12-13-14-15-16-17-18-20-38(4)21-19-29-30(32(43)26(2)27(3)36(29)49-38)23-41-22-28(39-40-41)25-47-37-35(46)34(45)33(44)31(24-42)48-37/h22,31,33-35,37,42-46H,5-21,23-25H2,1-4H3/t31-,33-,34+,35-,37-,38?/m0/s1. The summed E-state index contributed by atoms with van der Waals surface area (Å²) in [6, 6.07) is 0. The van der Waals surface area contributed by atoms with Crippen molar-refractivity contribution in [2.24, 2.45) is 0 Å². The molecule has 2 aliphatic heterocycles. The highest BCUT2D eigenvalue weighted by Crippen LogP contribution is 2.45. The predicted molar refractivity (Wildman–Crippen MR) is 188 cm³/mol. The summed E-state index contributed by atoms with van der Waals surface area (Å²) in [5.74, 6) is 1.11. The van der Waals surface area contributed by atoms with E-state index in [1.165, 1.54) is 83.5 Å². The third-order valence-corrected chi connectivity index (χ3v) is 10.6. The maximum atomic E-state index is 11.2. The minimum atomic E-state index is -1.52. The molecule has 1 fully saturated rings. The van der Waals surface area contributed by atoms with Crippen molar-refractivity contribution in [1.29, 1.82) is 0 Å². The molecule has 2 aromatic rings. The molecule has 0 aliphatic carbocycles. The van der Waals surface area contributed by atoms with Gasteiger partial charge in [-0.25, -0.2) is 4.68 Å². The summed E-state index contributed by atoms with van der Waals surface area (Å²) in [7, 11) is 0. The van der Waals surface area contributed by atoms with Gasteiger partial charge in [-0.15, -0.1) is 5.10 Å². The van der Waals surface area contributed by atoms with Gasteiger partial charge in [0.15, 0.2) is 6.29 Å². The van der Waals surface area contributed by atoms with E-state index in [4.69, 9.17) is 14.2 Å².